The predicted molar refractivity (Wildman–Crippen MR) is 145 cm³/mol. The first-order chi connectivity index (χ1) is 16.5. The molecule has 2 aromatic carbocycles. The molecule has 6 rings (SSSR count). The Kier molecular flexibility index (Phi) is 5.08. The van der Waals surface area contributed by atoms with Crippen LogP contribution in [0.15, 0.2) is 59.6 Å². The summed E-state index contributed by atoms with van der Waals surface area (Å²) in [7, 11) is 2.22. The van der Waals surface area contributed by atoms with Crippen molar-refractivity contribution in [2.24, 2.45) is 4.99 Å². The molecule has 0 saturated carbocycles. The van der Waals surface area contributed by atoms with Gasteiger partial charge in [0.05, 0.1) is 16.9 Å². The monoisotopic (exact) mass is 467 g/mol. The molecular formula is C28H29N5S. The summed E-state index contributed by atoms with van der Waals surface area (Å²) in [5.74, 6) is 1.07. The van der Waals surface area contributed by atoms with Crippen LogP contribution in [0.25, 0.3) is 23.9 Å². The van der Waals surface area contributed by atoms with Gasteiger partial charge in [-0.1, -0.05) is 49.6 Å². The van der Waals surface area contributed by atoms with Gasteiger partial charge in [-0.05, 0) is 32.2 Å². The zero-order chi connectivity index (χ0) is 23.4. The third kappa shape index (κ3) is 3.45. The number of fused-ring (bicyclic) bond motifs is 3. The number of anilines is 2. The summed E-state index contributed by atoms with van der Waals surface area (Å²) in [6, 6.07) is 19.4. The van der Waals surface area contributed by atoms with E-state index in [1.54, 1.807) is 11.3 Å². The molecule has 1 atom stereocenters. The van der Waals surface area contributed by atoms with Crippen LogP contribution < -0.4 is 16.0 Å². The maximum atomic E-state index is 5.19. The van der Waals surface area contributed by atoms with Crippen LogP contribution in [-0.2, 0) is 6.54 Å². The highest BCUT2D eigenvalue weighted by molar-refractivity contribution is 7.16. The Labute approximate surface area is 204 Å². The Morgan fingerprint density at radius 2 is 1.74 bits per heavy atom. The summed E-state index contributed by atoms with van der Waals surface area (Å²) < 4.78 is 2.29. The van der Waals surface area contributed by atoms with Crippen LogP contribution >= 0.6 is 11.3 Å². The van der Waals surface area contributed by atoms with Crippen LogP contribution in [-0.4, -0.2) is 52.9 Å². The summed E-state index contributed by atoms with van der Waals surface area (Å²) in [6.07, 6.45) is 0. The molecule has 6 heteroatoms. The molecule has 34 heavy (non-hydrogen) atoms. The Bertz CT molecular complexity index is 1480. The largest absolute Gasteiger partial charge is 0.353 e. The molecule has 0 radical (unpaired) electrons. The molecule has 4 heterocycles. The molecule has 0 bridgehead atoms. The zero-order valence-electron chi connectivity index (χ0n) is 19.7. The molecule has 1 unspecified atom stereocenters. The number of rotatable bonds is 2. The summed E-state index contributed by atoms with van der Waals surface area (Å²) in [5, 5.41) is 9.28. The molecule has 5 nitrogen and oxygen atoms in total. The number of para-hydroxylation sites is 2. The van der Waals surface area contributed by atoms with Crippen molar-refractivity contribution in [1.82, 2.24) is 14.4 Å². The van der Waals surface area contributed by atoms with E-state index < -0.39 is 0 Å². The van der Waals surface area contributed by atoms with Crippen LogP contribution in [0.3, 0.4) is 0 Å². The number of benzene rings is 2. The normalized spacial score (nSPS) is 18.2. The van der Waals surface area contributed by atoms with Gasteiger partial charge in [-0.15, -0.1) is 11.3 Å². The minimum absolute atomic E-state index is 0.328. The number of aliphatic imine (C=N–C) groups is 1. The van der Waals surface area contributed by atoms with Gasteiger partial charge in [0.25, 0.3) is 0 Å². The van der Waals surface area contributed by atoms with E-state index in [1.807, 2.05) is 0 Å². The van der Waals surface area contributed by atoms with Gasteiger partial charge in [-0.3, -0.25) is 4.90 Å². The van der Waals surface area contributed by atoms with Crippen molar-refractivity contribution in [3.05, 3.63) is 75.7 Å². The third-order valence-corrected chi connectivity index (χ3v) is 8.11. The number of thiophene rings is 1. The van der Waals surface area contributed by atoms with Crippen LogP contribution in [0, 0.1) is 6.92 Å². The fraction of sp³-hybridized carbons (Fsp3) is 0.250. The van der Waals surface area contributed by atoms with Gasteiger partial charge < -0.3 is 14.8 Å². The summed E-state index contributed by atoms with van der Waals surface area (Å²) in [4.78, 5) is 11.4. The number of piperazine rings is 1. The molecule has 0 spiro atoms. The first kappa shape index (κ1) is 21.2. The molecule has 1 N–H and O–H groups in total. The average Bonchev–Trinajstić information content (AvgIpc) is 3.26. The lowest BCUT2D eigenvalue weighted by Gasteiger charge is -2.41. The van der Waals surface area contributed by atoms with Gasteiger partial charge >= 0.3 is 0 Å². The number of nitrogens with zero attached hydrogens (tertiary/aromatic N) is 4. The van der Waals surface area contributed by atoms with Crippen molar-refractivity contribution in [3.63, 3.8) is 0 Å². The quantitative estimate of drug-likeness (QED) is 0.478. The molecular weight excluding hydrogens is 438 g/mol. The molecule has 1 fully saturated rings. The number of aryl methyl sites for hydroxylation is 1. The summed E-state index contributed by atoms with van der Waals surface area (Å²) >= 11 is 1.80. The molecule has 2 aliphatic heterocycles. The Balaban J connectivity index is 1.37. The second-order valence-corrected chi connectivity index (χ2v) is 10.6. The van der Waals surface area contributed by atoms with E-state index in [1.165, 1.54) is 26.2 Å². The predicted octanol–water partition coefficient (Wildman–Crippen LogP) is 4.28. The lowest BCUT2D eigenvalue weighted by atomic mass is 10.1. The number of hydrogen-bond donors (Lipinski definition) is 1. The lowest BCUT2D eigenvalue weighted by Crippen LogP contribution is -2.55. The van der Waals surface area contributed by atoms with Crippen molar-refractivity contribution in [1.29, 1.82) is 0 Å². The topological polar surface area (TPSA) is 35.8 Å². The first-order valence-electron chi connectivity index (χ1n) is 11.8. The van der Waals surface area contributed by atoms with Crippen LogP contribution in [0.2, 0.25) is 0 Å². The highest BCUT2D eigenvalue weighted by atomic mass is 32.1. The highest BCUT2D eigenvalue weighted by Gasteiger charge is 2.30. The number of amidine groups is 1. The minimum Gasteiger partial charge on any atom is -0.353 e. The van der Waals surface area contributed by atoms with Crippen molar-refractivity contribution >= 4 is 57.5 Å². The standard InChI is InChI=1S/C28H29N5S/c1-18-15-24-27(29-25-11-7-8-12-26(25)30-28(24)34-18)32-14-13-31(4)21(16-32)17-33-19(2)22-9-5-6-10-23(22)20(33)3/h5-12,15,21,30H,2-3,13-14,16-17H2,1,4H3. The van der Waals surface area contributed by atoms with E-state index in [-0.39, 0.29) is 0 Å². The number of nitrogens with one attached hydrogen (secondary N) is 1. The van der Waals surface area contributed by atoms with Gasteiger partial charge in [-0.2, -0.15) is 0 Å². The van der Waals surface area contributed by atoms with Gasteiger partial charge in [0.15, 0.2) is 0 Å². The zero-order valence-corrected chi connectivity index (χ0v) is 20.5. The Morgan fingerprint density at radius 3 is 2.50 bits per heavy atom. The maximum Gasteiger partial charge on any atom is 0.139 e. The summed E-state index contributed by atoms with van der Waals surface area (Å²) in [5.41, 5.74) is 3.25. The SMILES string of the molecule is C=c1c2ccccc2c(=C)n1CC1CN(C2=Nc3ccccc3Nc3sc(C)cc32)CCN1C. The molecule has 172 valence electrons. The molecule has 0 aliphatic carbocycles. The fourth-order valence-electron chi connectivity index (χ4n) is 5.19. The van der Waals surface area contributed by atoms with Crippen molar-refractivity contribution in [2.45, 2.75) is 19.5 Å². The van der Waals surface area contributed by atoms with E-state index in [0.29, 0.717) is 6.04 Å². The lowest BCUT2D eigenvalue weighted by molar-refractivity contribution is 0.126. The van der Waals surface area contributed by atoms with E-state index in [9.17, 15) is 0 Å². The summed E-state index contributed by atoms with van der Waals surface area (Å²) in [6.45, 7) is 14.7. The molecule has 2 aromatic heterocycles. The Hall–Kier alpha value is -3.35. The molecule has 4 aromatic rings. The molecule has 1 saturated heterocycles. The van der Waals surface area contributed by atoms with Crippen molar-refractivity contribution in [2.75, 3.05) is 32.0 Å². The number of likely N-dealkylation sites (N-methyl/N-ethyl adjacent to an activating group) is 1. The van der Waals surface area contributed by atoms with E-state index >= 15 is 0 Å². The highest BCUT2D eigenvalue weighted by Crippen LogP contribution is 2.39. The van der Waals surface area contributed by atoms with Gasteiger partial charge in [0, 0.05) is 58.6 Å². The van der Waals surface area contributed by atoms with Crippen LogP contribution in [0.4, 0.5) is 16.4 Å². The van der Waals surface area contributed by atoms with Gasteiger partial charge in [-0.25, -0.2) is 4.99 Å². The van der Waals surface area contributed by atoms with Crippen LogP contribution in [0.5, 0.6) is 0 Å². The second kappa shape index (κ2) is 8.15. The van der Waals surface area contributed by atoms with Crippen molar-refractivity contribution in [3.8, 4) is 0 Å². The molecule has 0 amide bonds. The van der Waals surface area contributed by atoms with E-state index in [2.05, 4.69) is 101 Å². The minimum atomic E-state index is 0.328. The van der Waals surface area contributed by atoms with Gasteiger partial charge in [0.1, 0.15) is 10.8 Å². The third-order valence-electron chi connectivity index (χ3n) is 7.15. The maximum absolute atomic E-state index is 5.19. The first-order valence-corrected chi connectivity index (χ1v) is 12.6. The number of aromatic nitrogens is 1. The Morgan fingerprint density at radius 1 is 1.03 bits per heavy atom. The second-order valence-electron chi connectivity index (χ2n) is 9.31. The smallest absolute Gasteiger partial charge is 0.139 e. The molecule has 2 aliphatic rings. The van der Waals surface area contributed by atoms with Crippen LogP contribution in [0.1, 0.15) is 10.4 Å². The average molecular weight is 468 g/mol. The van der Waals surface area contributed by atoms with E-state index in [4.69, 9.17) is 4.99 Å². The van der Waals surface area contributed by atoms with Crippen molar-refractivity contribution < 1.29 is 0 Å². The van der Waals surface area contributed by atoms with E-state index in [0.717, 1.165) is 54.1 Å². The fourth-order valence-corrected chi connectivity index (χ4v) is 6.11. The van der Waals surface area contributed by atoms with Gasteiger partial charge in [0.2, 0.25) is 0 Å². The number of hydrogen-bond acceptors (Lipinski definition) is 5.